The van der Waals surface area contributed by atoms with E-state index in [4.69, 9.17) is 10.5 Å². The van der Waals surface area contributed by atoms with Gasteiger partial charge in [0.05, 0.1) is 12.7 Å². The highest BCUT2D eigenvalue weighted by Crippen LogP contribution is 2.30. The maximum absolute atomic E-state index is 6.34. The van der Waals surface area contributed by atoms with E-state index < -0.39 is 0 Å². The molecule has 1 aromatic carbocycles. The first kappa shape index (κ1) is 14.1. The van der Waals surface area contributed by atoms with Gasteiger partial charge in [0.1, 0.15) is 0 Å². The summed E-state index contributed by atoms with van der Waals surface area (Å²) in [5, 5.41) is 0. The number of hydrogen-bond donors (Lipinski definition) is 1. The first-order valence-electron chi connectivity index (χ1n) is 7.92. The molecule has 1 aliphatic heterocycles. The second-order valence-corrected chi connectivity index (χ2v) is 6.25. The molecule has 1 aliphatic carbocycles. The van der Waals surface area contributed by atoms with Crippen molar-refractivity contribution in [3.8, 4) is 0 Å². The van der Waals surface area contributed by atoms with Crippen LogP contribution in [-0.2, 0) is 4.74 Å². The van der Waals surface area contributed by atoms with E-state index in [2.05, 4.69) is 36.1 Å². The molecule has 3 atom stereocenters. The van der Waals surface area contributed by atoms with Crippen LogP contribution >= 0.6 is 0 Å². The van der Waals surface area contributed by atoms with E-state index in [1.54, 1.807) is 0 Å². The molecule has 3 nitrogen and oxygen atoms in total. The molecule has 2 fully saturated rings. The Morgan fingerprint density at radius 2 is 2.10 bits per heavy atom. The van der Waals surface area contributed by atoms with Crippen LogP contribution in [0, 0.1) is 6.92 Å². The van der Waals surface area contributed by atoms with Gasteiger partial charge in [-0.25, -0.2) is 0 Å². The largest absolute Gasteiger partial charge is 0.375 e. The summed E-state index contributed by atoms with van der Waals surface area (Å²) in [5.41, 5.74) is 8.89. The third-order valence-electron chi connectivity index (χ3n) is 4.83. The van der Waals surface area contributed by atoms with Crippen molar-refractivity contribution in [1.29, 1.82) is 0 Å². The number of morpholine rings is 1. The molecule has 0 spiro atoms. The van der Waals surface area contributed by atoms with E-state index in [-0.39, 0.29) is 6.04 Å². The molecule has 1 saturated carbocycles. The number of ether oxygens (including phenoxy) is 1. The molecule has 3 rings (SSSR count). The standard InChI is InChI=1S/C17H26N2O/c1-13-5-7-14(8-6-13)15(18)9-10-19-11-12-20-17-4-2-3-16(17)19/h5-8,15-17H,2-4,9-12,18H2,1H3. The van der Waals surface area contributed by atoms with Crippen LogP contribution in [-0.4, -0.2) is 36.7 Å². The SMILES string of the molecule is Cc1ccc(C(N)CCN2CCOC3CCCC32)cc1. The minimum atomic E-state index is 0.151. The second kappa shape index (κ2) is 6.25. The highest BCUT2D eigenvalue weighted by molar-refractivity contribution is 5.23. The van der Waals surface area contributed by atoms with Gasteiger partial charge in [0.2, 0.25) is 0 Å². The Hall–Kier alpha value is -0.900. The number of rotatable bonds is 4. The molecule has 0 amide bonds. The number of aryl methyl sites for hydroxylation is 1. The topological polar surface area (TPSA) is 38.5 Å². The summed E-state index contributed by atoms with van der Waals surface area (Å²) in [6.07, 6.45) is 5.37. The Bertz CT molecular complexity index is 431. The van der Waals surface area contributed by atoms with Gasteiger partial charge in [-0.15, -0.1) is 0 Å². The highest BCUT2D eigenvalue weighted by atomic mass is 16.5. The van der Waals surface area contributed by atoms with Gasteiger partial charge in [-0.05, 0) is 38.2 Å². The Morgan fingerprint density at radius 1 is 1.30 bits per heavy atom. The molecule has 2 aliphatic rings. The van der Waals surface area contributed by atoms with Gasteiger partial charge >= 0.3 is 0 Å². The summed E-state index contributed by atoms with van der Waals surface area (Å²) in [5.74, 6) is 0. The fourth-order valence-corrected chi connectivity index (χ4v) is 3.57. The predicted octanol–water partition coefficient (Wildman–Crippen LogP) is 2.64. The maximum Gasteiger partial charge on any atom is 0.0730 e. The van der Waals surface area contributed by atoms with E-state index in [9.17, 15) is 0 Å². The van der Waals surface area contributed by atoms with E-state index in [1.165, 1.54) is 30.4 Å². The van der Waals surface area contributed by atoms with E-state index in [1.807, 2.05) is 0 Å². The van der Waals surface area contributed by atoms with Gasteiger partial charge in [0.25, 0.3) is 0 Å². The third-order valence-corrected chi connectivity index (χ3v) is 4.83. The quantitative estimate of drug-likeness (QED) is 0.917. The Labute approximate surface area is 122 Å². The molecule has 1 aromatic rings. The lowest BCUT2D eigenvalue weighted by Crippen LogP contribution is -2.49. The third kappa shape index (κ3) is 3.05. The van der Waals surface area contributed by atoms with Crippen molar-refractivity contribution in [2.75, 3.05) is 19.7 Å². The molecular weight excluding hydrogens is 248 g/mol. The van der Waals surface area contributed by atoms with Gasteiger partial charge in [0.15, 0.2) is 0 Å². The highest BCUT2D eigenvalue weighted by Gasteiger charge is 2.35. The van der Waals surface area contributed by atoms with Gasteiger partial charge < -0.3 is 10.5 Å². The molecule has 2 N–H and O–H groups in total. The van der Waals surface area contributed by atoms with Crippen LogP contribution in [0.5, 0.6) is 0 Å². The van der Waals surface area contributed by atoms with Crippen molar-refractivity contribution in [2.24, 2.45) is 5.73 Å². The summed E-state index contributed by atoms with van der Waals surface area (Å²) < 4.78 is 5.86. The van der Waals surface area contributed by atoms with Crippen LogP contribution in [0.3, 0.4) is 0 Å². The van der Waals surface area contributed by atoms with E-state index in [0.29, 0.717) is 12.1 Å². The molecule has 0 aromatic heterocycles. The van der Waals surface area contributed by atoms with Crippen molar-refractivity contribution in [2.45, 2.75) is 50.8 Å². The molecule has 110 valence electrons. The summed E-state index contributed by atoms with van der Waals surface area (Å²) in [6.45, 7) is 5.17. The number of fused-ring (bicyclic) bond motifs is 1. The minimum Gasteiger partial charge on any atom is -0.375 e. The molecular formula is C17H26N2O. The lowest BCUT2D eigenvalue weighted by atomic mass is 10.0. The first-order valence-corrected chi connectivity index (χ1v) is 7.92. The molecule has 3 unspecified atom stereocenters. The van der Waals surface area contributed by atoms with Crippen molar-refractivity contribution < 1.29 is 4.74 Å². The summed E-state index contributed by atoms with van der Waals surface area (Å²) in [7, 11) is 0. The first-order chi connectivity index (χ1) is 9.74. The molecule has 20 heavy (non-hydrogen) atoms. The average Bonchev–Trinajstić information content (AvgIpc) is 2.94. The smallest absolute Gasteiger partial charge is 0.0730 e. The summed E-state index contributed by atoms with van der Waals surface area (Å²) >= 11 is 0. The monoisotopic (exact) mass is 274 g/mol. The number of nitrogens with zero attached hydrogens (tertiary/aromatic N) is 1. The average molecular weight is 274 g/mol. The van der Waals surface area contributed by atoms with Crippen molar-refractivity contribution in [1.82, 2.24) is 4.90 Å². The lowest BCUT2D eigenvalue weighted by Gasteiger charge is -2.38. The van der Waals surface area contributed by atoms with Crippen molar-refractivity contribution >= 4 is 0 Å². The Balaban J connectivity index is 1.54. The van der Waals surface area contributed by atoms with Crippen LogP contribution in [0.2, 0.25) is 0 Å². The van der Waals surface area contributed by atoms with Crippen LogP contribution in [0.15, 0.2) is 24.3 Å². The molecule has 3 heteroatoms. The minimum absolute atomic E-state index is 0.151. The summed E-state index contributed by atoms with van der Waals surface area (Å²) in [4.78, 5) is 2.61. The molecule has 0 radical (unpaired) electrons. The Kier molecular flexibility index (Phi) is 4.39. The fraction of sp³-hybridized carbons (Fsp3) is 0.647. The zero-order valence-corrected chi connectivity index (χ0v) is 12.4. The van der Waals surface area contributed by atoms with Crippen LogP contribution in [0.25, 0.3) is 0 Å². The van der Waals surface area contributed by atoms with Crippen molar-refractivity contribution in [3.63, 3.8) is 0 Å². The van der Waals surface area contributed by atoms with Crippen molar-refractivity contribution in [3.05, 3.63) is 35.4 Å². The summed E-state index contributed by atoms with van der Waals surface area (Å²) in [6, 6.07) is 9.43. The number of benzene rings is 1. The van der Waals surface area contributed by atoms with Crippen LogP contribution in [0.1, 0.15) is 42.9 Å². The normalized spacial score (nSPS) is 28.3. The van der Waals surface area contributed by atoms with E-state index in [0.717, 1.165) is 26.1 Å². The van der Waals surface area contributed by atoms with Gasteiger partial charge in [-0.2, -0.15) is 0 Å². The van der Waals surface area contributed by atoms with E-state index >= 15 is 0 Å². The second-order valence-electron chi connectivity index (χ2n) is 6.25. The predicted molar refractivity (Wildman–Crippen MR) is 81.7 cm³/mol. The van der Waals surface area contributed by atoms with Gasteiger partial charge in [0, 0.05) is 25.2 Å². The zero-order valence-electron chi connectivity index (χ0n) is 12.4. The zero-order chi connectivity index (χ0) is 13.9. The number of nitrogens with two attached hydrogens (primary N) is 1. The van der Waals surface area contributed by atoms with Gasteiger partial charge in [-0.1, -0.05) is 29.8 Å². The molecule has 1 heterocycles. The number of hydrogen-bond acceptors (Lipinski definition) is 3. The fourth-order valence-electron chi connectivity index (χ4n) is 3.57. The molecule has 0 bridgehead atoms. The van der Waals surface area contributed by atoms with Gasteiger partial charge in [-0.3, -0.25) is 4.90 Å². The Morgan fingerprint density at radius 3 is 2.90 bits per heavy atom. The lowest BCUT2D eigenvalue weighted by molar-refractivity contribution is -0.0561. The maximum atomic E-state index is 6.34. The van der Waals surface area contributed by atoms with Crippen LogP contribution < -0.4 is 5.73 Å². The van der Waals surface area contributed by atoms with Crippen LogP contribution in [0.4, 0.5) is 0 Å². The molecule has 1 saturated heterocycles.